The van der Waals surface area contributed by atoms with Gasteiger partial charge in [-0.25, -0.2) is 0 Å². The van der Waals surface area contributed by atoms with Crippen LogP contribution in [-0.4, -0.2) is 5.71 Å². The van der Waals surface area contributed by atoms with Gasteiger partial charge >= 0.3 is 0 Å². The van der Waals surface area contributed by atoms with E-state index in [9.17, 15) is 0 Å². The van der Waals surface area contributed by atoms with Crippen LogP contribution in [0.3, 0.4) is 0 Å². The number of allylic oxidation sites excluding steroid dienone is 1. The molecule has 7 rings (SSSR count). The van der Waals surface area contributed by atoms with Crippen molar-refractivity contribution in [3.63, 3.8) is 0 Å². The zero-order valence-electron chi connectivity index (χ0n) is 25.9. The number of rotatable bonds is 6. The van der Waals surface area contributed by atoms with Gasteiger partial charge in [-0.3, -0.25) is 4.99 Å². The molecule has 218 valence electrons. The Morgan fingerprint density at radius 2 is 0.956 bits per heavy atom. The lowest BCUT2D eigenvalue weighted by molar-refractivity contribution is 0.768. The molecule has 0 saturated carbocycles. The number of hydrogen-bond donors (Lipinski definition) is 0. The van der Waals surface area contributed by atoms with Crippen LogP contribution >= 0.6 is 0 Å². The van der Waals surface area contributed by atoms with Gasteiger partial charge in [0.1, 0.15) is 0 Å². The average Bonchev–Trinajstić information content (AvgIpc) is 3.41. The summed E-state index contributed by atoms with van der Waals surface area (Å²) in [5, 5.41) is 0. The standard InChI is InChI=1S/C35H27N.C9H10/c1-25(27-15-6-3-7-16-27)36-26(2)30-22-14-24-33-34(30)31-21-12-13-23-32(31)35(33,28-17-8-4-9-18-28)29-19-10-5-11-20-29;1-8(2)9-6-4-3-5-7-9/h3-24H,1H2,2H3;3-7H,1H2,2H3. The quantitative estimate of drug-likeness (QED) is 0.174. The average molecular weight is 580 g/mol. The Hall–Kier alpha value is -5.53. The Labute approximate surface area is 267 Å². The molecular weight excluding hydrogens is 542 g/mol. The van der Waals surface area contributed by atoms with E-state index in [4.69, 9.17) is 4.99 Å². The molecule has 0 N–H and O–H groups in total. The number of benzene rings is 6. The van der Waals surface area contributed by atoms with Gasteiger partial charge in [0.25, 0.3) is 0 Å². The lowest BCUT2D eigenvalue weighted by atomic mass is 9.67. The van der Waals surface area contributed by atoms with Crippen molar-refractivity contribution in [3.05, 3.63) is 216 Å². The van der Waals surface area contributed by atoms with Gasteiger partial charge in [0.2, 0.25) is 0 Å². The number of hydrogen-bond acceptors (Lipinski definition) is 1. The largest absolute Gasteiger partial charge is 0.253 e. The molecule has 1 aliphatic rings. The lowest BCUT2D eigenvalue weighted by Gasteiger charge is -2.33. The van der Waals surface area contributed by atoms with E-state index in [2.05, 4.69) is 147 Å². The summed E-state index contributed by atoms with van der Waals surface area (Å²) in [6.07, 6.45) is 0. The van der Waals surface area contributed by atoms with E-state index in [-0.39, 0.29) is 0 Å². The third-order valence-electron chi connectivity index (χ3n) is 8.55. The molecule has 0 unspecified atom stereocenters. The maximum atomic E-state index is 4.98. The summed E-state index contributed by atoms with van der Waals surface area (Å²) in [5.41, 5.74) is 13.5. The fraction of sp³-hybridized carbons (Fsp3) is 0.0682. The van der Waals surface area contributed by atoms with Crippen LogP contribution < -0.4 is 0 Å². The minimum atomic E-state index is -0.402. The van der Waals surface area contributed by atoms with Crippen LogP contribution in [0.5, 0.6) is 0 Å². The van der Waals surface area contributed by atoms with Crippen molar-refractivity contribution < 1.29 is 0 Å². The van der Waals surface area contributed by atoms with Crippen LogP contribution in [0.15, 0.2) is 182 Å². The molecular formula is C44H37N. The number of nitrogens with zero attached hydrogens (tertiary/aromatic N) is 1. The minimum absolute atomic E-state index is 0.402. The van der Waals surface area contributed by atoms with Crippen molar-refractivity contribution in [1.29, 1.82) is 0 Å². The normalized spacial score (nSPS) is 12.7. The molecule has 6 aromatic carbocycles. The van der Waals surface area contributed by atoms with E-state index < -0.39 is 5.41 Å². The fourth-order valence-electron chi connectivity index (χ4n) is 6.48. The molecule has 45 heavy (non-hydrogen) atoms. The first kappa shape index (κ1) is 29.5. The topological polar surface area (TPSA) is 12.4 Å². The zero-order valence-corrected chi connectivity index (χ0v) is 25.9. The molecule has 0 radical (unpaired) electrons. The monoisotopic (exact) mass is 579 g/mol. The van der Waals surface area contributed by atoms with E-state index in [0.717, 1.165) is 28.1 Å². The van der Waals surface area contributed by atoms with Gasteiger partial charge in [-0.05, 0) is 58.4 Å². The molecule has 0 amide bonds. The maximum Gasteiger partial charge on any atom is 0.0713 e. The summed E-state index contributed by atoms with van der Waals surface area (Å²) < 4.78 is 0. The van der Waals surface area contributed by atoms with Crippen LogP contribution in [0.4, 0.5) is 0 Å². The highest BCUT2D eigenvalue weighted by Crippen LogP contribution is 2.56. The Morgan fingerprint density at radius 1 is 0.489 bits per heavy atom. The lowest BCUT2D eigenvalue weighted by Crippen LogP contribution is -2.28. The Morgan fingerprint density at radius 3 is 1.49 bits per heavy atom. The van der Waals surface area contributed by atoms with E-state index in [1.54, 1.807) is 0 Å². The molecule has 6 aromatic rings. The first-order valence-electron chi connectivity index (χ1n) is 15.4. The van der Waals surface area contributed by atoms with Crippen molar-refractivity contribution in [2.45, 2.75) is 19.3 Å². The van der Waals surface area contributed by atoms with E-state index in [0.29, 0.717) is 0 Å². The molecule has 0 heterocycles. The van der Waals surface area contributed by atoms with E-state index >= 15 is 0 Å². The minimum Gasteiger partial charge on any atom is -0.253 e. The molecule has 0 atom stereocenters. The Balaban J connectivity index is 0.000000343. The second kappa shape index (κ2) is 13.0. The van der Waals surface area contributed by atoms with Gasteiger partial charge in [-0.2, -0.15) is 0 Å². The van der Waals surface area contributed by atoms with Gasteiger partial charge in [-0.1, -0.05) is 183 Å². The smallest absolute Gasteiger partial charge is 0.0713 e. The first-order valence-corrected chi connectivity index (χ1v) is 15.4. The van der Waals surface area contributed by atoms with Gasteiger partial charge in [0.05, 0.1) is 11.1 Å². The van der Waals surface area contributed by atoms with Gasteiger partial charge < -0.3 is 0 Å². The maximum absolute atomic E-state index is 4.98. The molecule has 0 spiro atoms. The molecule has 0 bridgehead atoms. The summed E-state index contributed by atoms with van der Waals surface area (Å²) >= 11 is 0. The molecule has 0 fully saturated rings. The van der Waals surface area contributed by atoms with Gasteiger partial charge in [-0.15, -0.1) is 0 Å². The van der Waals surface area contributed by atoms with Gasteiger partial charge in [0.15, 0.2) is 0 Å². The van der Waals surface area contributed by atoms with Gasteiger partial charge in [0, 0.05) is 11.3 Å². The Bertz CT molecular complexity index is 1930. The van der Waals surface area contributed by atoms with Crippen LogP contribution in [-0.2, 0) is 5.41 Å². The summed E-state index contributed by atoms with van der Waals surface area (Å²) in [7, 11) is 0. The van der Waals surface area contributed by atoms with Crippen molar-refractivity contribution in [2.24, 2.45) is 4.99 Å². The van der Waals surface area contributed by atoms with Crippen molar-refractivity contribution >= 4 is 17.0 Å². The van der Waals surface area contributed by atoms with Crippen LogP contribution in [0.25, 0.3) is 22.4 Å². The Kier molecular flexibility index (Phi) is 8.53. The molecule has 1 nitrogen and oxygen atoms in total. The molecule has 0 saturated heterocycles. The van der Waals surface area contributed by atoms with Crippen LogP contribution in [0.1, 0.15) is 52.8 Å². The highest BCUT2D eigenvalue weighted by molar-refractivity contribution is 6.09. The van der Waals surface area contributed by atoms with Crippen molar-refractivity contribution in [1.82, 2.24) is 0 Å². The van der Waals surface area contributed by atoms with Crippen molar-refractivity contribution in [2.75, 3.05) is 0 Å². The second-order valence-corrected chi connectivity index (χ2v) is 11.4. The second-order valence-electron chi connectivity index (χ2n) is 11.4. The third kappa shape index (κ3) is 5.61. The zero-order chi connectivity index (χ0) is 31.2. The van der Waals surface area contributed by atoms with E-state index in [1.807, 2.05) is 43.3 Å². The van der Waals surface area contributed by atoms with Crippen molar-refractivity contribution in [3.8, 4) is 11.1 Å². The predicted molar refractivity (Wildman–Crippen MR) is 193 cm³/mol. The molecule has 1 heteroatoms. The SMILES string of the molecule is C=C(C)c1ccccc1.C=C(N=C(C)c1cccc2c1-c1ccccc1C2(c1ccccc1)c1ccccc1)c1ccccc1. The fourth-order valence-corrected chi connectivity index (χ4v) is 6.48. The number of aliphatic imine (C=N–C) groups is 1. The summed E-state index contributed by atoms with van der Waals surface area (Å²) in [4.78, 5) is 4.98. The number of fused-ring (bicyclic) bond motifs is 3. The van der Waals surface area contributed by atoms with E-state index in [1.165, 1.54) is 38.9 Å². The van der Waals surface area contributed by atoms with Crippen LogP contribution in [0.2, 0.25) is 0 Å². The predicted octanol–water partition coefficient (Wildman–Crippen LogP) is 11.2. The first-order chi connectivity index (χ1) is 22.0. The molecule has 0 aliphatic heterocycles. The highest BCUT2D eigenvalue weighted by Gasteiger charge is 2.46. The molecule has 1 aliphatic carbocycles. The summed E-state index contributed by atoms with van der Waals surface area (Å²) in [5.74, 6) is 0. The van der Waals surface area contributed by atoms with Crippen LogP contribution in [0, 0.1) is 0 Å². The highest BCUT2D eigenvalue weighted by atomic mass is 14.8. The third-order valence-corrected chi connectivity index (χ3v) is 8.55. The molecule has 0 aromatic heterocycles. The summed E-state index contributed by atoms with van der Waals surface area (Å²) in [6, 6.07) is 57.6. The summed E-state index contributed by atoms with van der Waals surface area (Å²) in [6.45, 7) is 12.2.